The highest BCUT2D eigenvalue weighted by atomic mass is 79.9. The standard InChI is InChI=1S/C13H6BrFN2O3/c14-9-1-3-11(15)13(6-9)20-12-4-2-10(17(18)19)5-8(12)7-16/h1-6H. The van der Waals surface area contributed by atoms with Gasteiger partial charge in [-0.2, -0.15) is 5.26 Å². The summed E-state index contributed by atoms with van der Waals surface area (Å²) in [4.78, 5) is 10.0. The molecule has 0 amide bonds. The highest BCUT2D eigenvalue weighted by Crippen LogP contribution is 2.31. The van der Waals surface area contributed by atoms with Crippen LogP contribution in [0.3, 0.4) is 0 Å². The fourth-order valence-electron chi connectivity index (χ4n) is 1.48. The van der Waals surface area contributed by atoms with E-state index in [0.717, 1.165) is 6.07 Å². The maximum atomic E-state index is 13.6. The van der Waals surface area contributed by atoms with Crippen molar-refractivity contribution in [2.24, 2.45) is 0 Å². The SMILES string of the molecule is N#Cc1cc([N+](=O)[O-])ccc1Oc1cc(Br)ccc1F. The van der Waals surface area contributed by atoms with Gasteiger partial charge in [0.2, 0.25) is 0 Å². The number of benzene rings is 2. The van der Waals surface area contributed by atoms with Crippen LogP contribution >= 0.6 is 15.9 Å². The van der Waals surface area contributed by atoms with Crippen molar-refractivity contribution in [1.82, 2.24) is 0 Å². The summed E-state index contributed by atoms with van der Waals surface area (Å²) in [7, 11) is 0. The van der Waals surface area contributed by atoms with Crippen LogP contribution in [0.5, 0.6) is 11.5 Å². The zero-order valence-electron chi connectivity index (χ0n) is 9.84. The molecule has 0 saturated heterocycles. The molecule has 0 atom stereocenters. The molecule has 20 heavy (non-hydrogen) atoms. The van der Waals surface area contributed by atoms with Crippen molar-refractivity contribution < 1.29 is 14.1 Å². The van der Waals surface area contributed by atoms with Gasteiger partial charge in [-0.3, -0.25) is 10.1 Å². The lowest BCUT2D eigenvalue weighted by atomic mass is 10.2. The van der Waals surface area contributed by atoms with Gasteiger partial charge >= 0.3 is 0 Å². The summed E-state index contributed by atoms with van der Waals surface area (Å²) in [5.41, 5.74) is -0.276. The third-order valence-corrected chi connectivity index (χ3v) is 2.90. The first-order valence-corrected chi connectivity index (χ1v) is 6.12. The molecule has 0 bridgehead atoms. The molecule has 0 aliphatic carbocycles. The third kappa shape index (κ3) is 2.92. The number of hydrogen-bond acceptors (Lipinski definition) is 4. The Labute approximate surface area is 121 Å². The maximum absolute atomic E-state index is 13.6. The Morgan fingerprint density at radius 3 is 2.65 bits per heavy atom. The molecule has 7 heteroatoms. The zero-order valence-corrected chi connectivity index (χ0v) is 11.4. The number of halogens is 2. The summed E-state index contributed by atoms with van der Waals surface area (Å²) < 4.78 is 19.5. The minimum absolute atomic E-state index is 0.0430. The second-order valence-corrected chi connectivity index (χ2v) is 4.64. The van der Waals surface area contributed by atoms with Crippen LogP contribution in [0.4, 0.5) is 10.1 Å². The van der Waals surface area contributed by atoms with E-state index in [9.17, 15) is 14.5 Å². The Balaban J connectivity index is 2.41. The number of hydrogen-bond donors (Lipinski definition) is 0. The average molecular weight is 337 g/mol. The second-order valence-electron chi connectivity index (χ2n) is 3.73. The van der Waals surface area contributed by atoms with Crippen LogP contribution in [-0.4, -0.2) is 4.92 Å². The molecule has 2 aromatic carbocycles. The number of nitro benzene ring substituents is 1. The van der Waals surface area contributed by atoms with Gasteiger partial charge in [0.25, 0.3) is 5.69 Å². The summed E-state index contributed by atoms with van der Waals surface area (Å²) >= 11 is 3.17. The Morgan fingerprint density at radius 1 is 1.25 bits per heavy atom. The summed E-state index contributed by atoms with van der Waals surface area (Å²) in [6.07, 6.45) is 0. The molecule has 0 aliphatic heterocycles. The van der Waals surface area contributed by atoms with E-state index in [0.29, 0.717) is 4.47 Å². The van der Waals surface area contributed by atoms with Gasteiger partial charge in [-0.25, -0.2) is 4.39 Å². The van der Waals surface area contributed by atoms with E-state index < -0.39 is 10.7 Å². The van der Waals surface area contributed by atoms with E-state index in [-0.39, 0.29) is 22.7 Å². The molecule has 0 saturated carbocycles. The smallest absolute Gasteiger partial charge is 0.271 e. The molecule has 0 aliphatic rings. The van der Waals surface area contributed by atoms with E-state index in [4.69, 9.17) is 10.00 Å². The molecule has 0 N–H and O–H groups in total. The Hall–Kier alpha value is -2.46. The number of rotatable bonds is 3. The minimum atomic E-state index is -0.621. The van der Waals surface area contributed by atoms with Gasteiger partial charge in [-0.05, 0) is 24.3 Å². The summed E-state index contributed by atoms with van der Waals surface area (Å²) in [6, 6.07) is 9.41. The predicted molar refractivity (Wildman–Crippen MR) is 72.0 cm³/mol. The quantitative estimate of drug-likeness (QED) is 0.622. The fraction of sp³-hybridized carbons (Fsp3) is 0. The molecule has 0 fully saturated rings. The highest BCUT2D eigenvalue weighted by Gasteiger charge is 2.14. The number of nitriles is 1. The van der Waals surface area contributed by atoms with Crippen LogP contribution in [0.15, 0.2) is 40.9 Å². The first-order chi connectivity index (χ1) is 9.51. The van der Waals surface area contributed by atoms with Gasteiger partial charge in [-0.15, -0.1) is 0 Å². The van der Waals surface area contributed by atoms with E-state index in [1.807, 2.05) is 0 Å². The Bertz CT molecular complexity index is 728. The Kier molecular flexibility index (Phi) is 3.96. The molecule has 2 aromatic rings. The van der Waals surface area contributed by atoms with Crippen molar-refractivity contribution in [2.45, 2.75) is 0 Å². The van der Waals surface area contributed by atoms with E-state index in [1.54, 1.807) is 6.07 Å². The van der Waals surface area contributed by atoms with Crippen molar-refractivity contribution >= 4 is 21.6 Å². The monoisotopic (exact) mass is 336 g/mol. The molecule has 2 rings (SSSR count). The van der Waals surface area contributed by atoms with Gasteiger partial charge in [-0.1, -0.05) is 15.9 Å². The van der Waals surface area contributed by atoms with Crippen LogP contribution in [-0.2, 0) is 0 Å². The molecule has 5 nitrogen and oxygen atoms in total. The molecule has 0 heterocycles. The molecule has 0 aromatic heterocycles. The number of nitrogens with zero attached hydrogens (tertiary/aromatic N) is 2. The summed E-state index contributed by atoms with van der Waals surface area (Å²) in [6.45, 7) is 0. The zero-order chi connectivity index (χ0) is 14.7. The predicted octanol–water partition coefficient (Wildman–Crippen LogP) is 4.16. The lowest BCUT2D eigenvalue weighted by Gasteiger charge is -2.08. The van der Waals surface area contributed by atoms with Crippen LogP contribution in [0, 0.1) is 27.3 Å². The van der Waals surface area contributed by atoms with Gasteiger partial charge in [0.05, 0.1) is 4.92 Å². The largest absolute Gasteiger partial charge is 0.453 e. The lowest BCUT2D eigenvalue weighted by molar-refractivity contribution is -0.384. The fourth-order valence-corrected chi connectivity index (χ4v) is 1.82. The van der Waals surface area contributed by atoms with Gasteiger partial charge < -0.3 is 4.74 Å². The first kappa shape index (κ1) is 14.0. The first-order valence-electron chi connectivity index (χ1n) is 5.32. The molecule has 100 valence electrons. The van der Waals surface area contributed by atoms with Crippen LogP contribution in [0.25, 0.3) is 0 Å². The molecule has 0 spiro atoms. The minimum Gasteiger partial charge on any atom is -0.453 e. The molecular weight excluding hydrogens is 331 g/mol. The van der Waals surface area contributed by atoms with Crippen molar-refractivity contribution in [3.63, 3.8) is 0 Å². The topological polar surface area (TPSA) is 76.2 Å². The highest BCUT2D eigenvalue weighted by molar-refractivity contribution is 9.10. The van der Waals surface area contributed by atoms with Crippen molar-refractivity contribution in [3.05, 3.63) is 62.4 Å². The average Bonchev–Trinajstić information content (AvgIpc) is 2.43. The van der Waals surface area contributed by atoms with Crippen molar-refractivity contribution in [1.29, 1.82) is 5.26 Å². The second kappa shape index (κ2) is 5.67. The number of non-ortho nitro benzene ring substituents is 1. The van der Waals surface area contributed by atoms with Crippen molar-refractivity contribution in [3.8, 4) is 17.6 Å². The van der Waals surface area contributed by atoms with Crippen LogP contribution in [0.1, 0.15) is 5.56 Å². The van der Waals surface area contributed by atoms with E-state index in [1.165, 1.54) is 30.3 Å². The molecule has 0 unspecified atom stereocenters. The third-order valence-electron chi connectivity index (χ3n) is 2.41. The molecular formula is C13H6BrFN2O3. The molecule has 0 radical (unpaired) electrons. The van der Waals surface area contributed by atoms with Crippen molar-refractivity contribution in [2.75, 3.05) is 0 Å². The van der Waals surface area contributed by atoms with Crippen LogP contribution in [0.2, 0.25) is 0 Å². The Morgan fingerprint density at radius 2 is 2.00 bits per heavy atom. The number of nitro groups is 1. The van der Waals surface area contributed by atoms with Crippen LogP contribution < -0.4 is 4.74 Å². The lowest BCUT2D eigenvalue weighted by Crippen LogP contribution is -1.94. The van der Waals surface area contributed by atoms with E-state index >= 15 is 0 Å². The summed E-state index contributed by atoms with van der Waals surface area (Å²) in [5.74, 6) is -0.629. The number of ether oxygens (including phenoxy) is 1. The van der Waals surface area contributed by atoms with Gasteiger partial charge in [0.15, 0.2) is 11.6 Å². The van der Waals surface area contributed by atoms with E-state index in [2.05, 4.69) is 15.9 Å². The summed E-state index contributed by atoms with van der Waals surface area (Å²) in [5, 5.41) is 19.6. The van der Waals surface area contributed by atoms with Gasteiger partial charge in [0.1, 0.15) is 17.4 Å². The van der Waals surface area contributed by atoms with Gasteiger partial charge in [0, 0.05) is 16.6 Å². The normalized spacial score (nSPS) is 9.85. The maximum Gasteiger partial charge on any atom is 0.271 e.